The van der Waals surface area contributed by atoms with Crippen LogP contribution in [0.1, 0.15) is 24.1 Å². The van der Waals surface area contributed by atoms with Gasteiger partial charge >= 0.3 is 0 Å². The first-order valence-corrected chi connectivity index (χ1v) is 9.96. The van der Waals surface area contributed by atoms with Gasteiger partial charge in [-0.2, -0.15) is 4.68 Å². The summed E-state index contributed by atoms with van der Waals surface area (Å²) in [6, 6.07) is 13.0. The number of rotatable bonds is 7. The summed E-state index contributed by atoms with van der Waals surface area (Å²) < 4.78 is 6.97. The van der Waals surface area contributed by atoms with Gasteiger partial charge in [0.1, 0.15) is 11.4 Å². The van der Waals surface area contributed by atoms with E-state index in [2.05, 4.69) is 20.8 Å². The van der Waals surface area contributed by atoms with Crippen molar-refractivity contribution >= 4 is 29.3 Å². The molecule has 0 saturated carbocycles. The van der Waals surface area contributed by atoms with Crippen LogP contribution in [0.3, 0.4) is 0 Å². The highest BCUT2D eigenvalue weighted by Gasteiger charge is 2.17. The number of ether oxygens (including phenoxy) is 1. The number of aromatic nitrogens is 4. The van der Waals surface area contributed by atoms with Crippen molar-refractivity contribution in [2.75, 3.05) is 12.9 Å². The Kier molecular flexibility index (Phi) is 6.53. The van der Waals surface area contributed by atoms with Gasteiger partial charge in [-0.3, -0.25) is 4.79 Å². The zero-order valence-corrected chi connectivity index (χ0v) is 17.3. The molecule has 3 rings (SSSR count). The second kappa shape index (κ2) is 9.07. The number of thioether (sulfide) groups is 1. The van der Waals surface area contributed by atoms with Gasteiger partial charge < -0.3 is 10.1 Å². The zero-order valence-electron chi connectivity index (χ0n) is 15.7. The quantitative estimate of drug-likeness (QED) is 0.591. The highest BCUT2D eigenvalue weighted by Crippen LogP contribution is 2.27. The van der Waals surface area contributed by atoms with Gasteiger partial charge in [-0.25, -0.2) is 0 Å². The first kappa shape index (κ1) is 20.2. The average Bonchev–Trinajstić information content (AvgIpc) is 3.15. The van der Waals surface area contributed by atoms with Gasteiger partial charge in [-0.15, -0.1) is 5.10 Å². The Morgan fingerprint density at radius 2 is 2.11 bits per heavy atom. The van der Waals surface area contributed by atoms with Crippen LogP contribution in [0.4, 0.5) is 0 Å². The van der Waals surface area contributed by atoms with Crippen molar-refractivity contribution in [1.82, 2.24) is 25.5 Å². The molecular weight excluding hydrogens is 398 g/mol. The summed E-state index contributed by atoms with van der Waals surface area (Å²) >= 11 is 7.44. The summed E-state index contributed by atoms with van der Waals surface area (Å²) in [6.45, 7) is 3.87. The van der Waals surface area contributed by atoms with Crippen LogP contribution in [-0.2, 0) is 4.79 Å². The Bertz CT molecular complexity index is 978. The van der Waals surface area contributed by atoms with E-state index in [1.807, 2.05) is 50.2 Å². The molecule has 0 fully saturated rings. The number of aryl methyl sites for hydroxylation is 1. The summed E-state index contributed by atoms with van der Waals surface area (Å²) in [4.78, 5) is 12.4. The number of hydrogen-bond acceptors (Lipinski definition) is 6. The molecule has 3 aromatic rings. The van der Waals surface area contributed by atoms with Crippen molar-refractivity contribution in [1.29, 1.82) is 0 Å². The Labute approximate surface area is 172 Å². The second-order valence-corrected chi connectivity index (χ2v) is 7.50. The van der Waals surface area contributed by atoms with Crippen molar-refractivity contribution in [3.05, 3.63) is 58.6 Å². The van der Waals surface area contributed by atoms with Crippen LogP contribution in [0.5, 0.6) is 5.75 Å². The predicted octanol–water partition coefficient (Wildman–Crippen LogP) is 3.60. The Morgan fingerprint density at radius 3 is 2.86 bits per heavy atom. The SMILES string of the molecule is COc1ccc(C)cc1-n1nnnc1SCC(=O)N[C@H](C)c1ccccc1Cl. The van der Waals surface area contributed by atoms with E-state index in [1.165, 1.54) is 11.8 Å². The molecule has 0 radical (unpaired) electrons. The molecule has 0 bridgehead atoms. The number of carbonyl (C=O) groups is 1. The minimum atomic E-state index is -0.199. The van der Waals surface area contributed by atoms with E-state index in [0.717, 1.165) is 16.8 Å². The molecule has 146 valence electrons. The maximum absolute atomic E-state index is 12.4. The fourth-order valence-electron chi connectivity index (χ4n) is 2.70. The molecule has 1 atom stereocenters. The van der Waals surface area contributed by atoms with Crippen molar-refractivity contribution in [2.45, 2.75) is 25.0 Å². The molecule has 7 nitrogen and oxygen atoms in total. The number of benzene rings is 2. The van der Waals surface area contributed by atoms with Crippen molar-refractivity contribution in [3.8, 4) is 11.4 Å². The molecule has 0 unspecified atom stereocenters. The molecule has 9 heteroatoms. The summed E-state index contributed by atoms with van der Waals surface area (Å²) in [5, 5.41) is 15.9. The third kappa shape index (κ3) is 4.63. The lowest BCUT2D eigenvalue weighted by atomic mass is 10.1. The molecule has 1 amide bonds. The van der Waals surface area contributed by atoms with Crippen LogP contribution < -0.4 is 10.1 Å². The van der Waals surface area contributed by atoms with Crippen molar-refractivity contribution in [2.24, 2.45) is 0 Å². The number of tetrazole rings is 1. The largest absolute Gasteiger partial charge is 0.494 e. The molecule has 1 heterocycles. The summed E-state index contributed by atoms with van der Waals surface area (Å²) in [6.07, 6.45) is 0. The lowest BCUT2D eigenvalue weighted by Crippen LogP contribution is -2.28. The summed E-state index contributed by atoms with van der Waals surface area (Å²) in [5.41, 5.74) is 2.64. The molecule has 28 heavy (non-hydrogen) atoms. The normalized spacial score (nSPS) is 11.9. The minimum Gasteiger partial charge on any atom is -0.494 e. The Hall–Kier alpha value is -2.58. The fraction of sp³-hybridized carbons (Fsp3) is 0.263. The van der Waals surface area contributed by atoms with Crippen LogP contribution in [-0.4, -0.2) is 39.0 Å². The number of nitrogens with one attached hydrogen (secondary N) is 1. The molecule has 1 aromatic heterocycles. The van der Waals surface area contributed by atoms with E-state index in [1.54, 1.807) is 17.9 Å². The maximum atomic E-state index is 12.4. The molecule has 0 aliphatic rings. The third-order valence-corrected chi connectivity index (χ3v) is 5.35. The number of nitrogens with zero attached hydrogens (tertiary/aromatic N) is 4. The van der Waals surface area contributed by atoms with Gasteiger partial charge in [0.15, 0.2) is 0 Å². The van der Waals surface area contributed by atoms with Gasteiger partial charge in [0.25, 0.3) is 0 Å². The summed E-state index contributed by atoms with van der Waals surface area (Å²) in [7, 11) is 1.59. The van der Waals surface area contributed by atoms with E-state index in [4.69, 9.17) is 16.3 Å². The van der Waals surface area contributed by atoms with Gasteiger partial charge in [-0.05, 0) is 53.6 Å². The van der Waals surface area contributed by atoms with Crippen LogP contribution in [0.15, 0.2) is 47.6 Å². The standard InChI is InChI=1S/C19H20ClN5O2S/c1-12-8-9-17(27-3)16(10-12)25-19(22-23-24-25)28-11-18(26)21-13(2)14-6-4-5-7-15(14)20/h4-10,13H,11H2,1-3H3,(H,21,26)/t13-/m1/s1. The molecule has 2 aromatic carbocycles. The van der Waals surface area contributed by atoms with Crippen LogP contribution in [0.2, 0.25) is 5.02 Å². The lowest BCUT2D eigenvalue weighted by molar-refractivity contribution is -0.119. The van der Waals surface area contributed by atoms with E-state index >= 15 is 0 Å². The zero-order chi connectivity index (χ0) is 20.1. The number of methoxy groups -OCH3 is 1. The van der Waals surface area contributed by atoms with Gasteiger partial charge in [0, 0.05) is 5.02 Å². The van der Waals surface area contributed by atoms with Gasteiger partial charge in [0.05, 0.1) is 18.9 Å². The highest BCUT2D eigenvalue weighted by atomic mass is 35.5. The number of amides is 1. The van der Waals surface area contributed by atoms with Gasteiger partial charge in [-0.1, -0.05) is 47.6 Å². The average molecular weight is 418 g/mol. The number of carbonyl (C=O) groups excluding carboxylic acids is 1. The molecule has 0 aliphatic heterocycles. The van der Waals surface area contributed by atoms with Crippen LogP contribution in [0, 0.1) is 6.92 Å². The van der Waals surface area contributed by atoms with Gasteiger partial charge in [0.2, 0.25) is 11.1 Å². The second-order valence-electron chi connectivity index (χ2n) is 6.15. The van der Waals surface area contributed by atoms with E-state index in [-0.39, 0.29) is 17.7 Å². The molecule has 1 N–H and O–H groups in total. The first-order valence-electron chi connectivity index (χ1n) is 8.59. The number of halogens is 1. The highest BCUT2D eigenvalue weighted by molar-refractivity contribution is 7.99. The topological polar surface area (TPSA) is 81.9 Å². The predicted molar refractivity (Wildman–Crippen MR) is 109 cm³/mol. The molecule has 0 aliphatic carbocycles. The maximum Gasteiger partial charge on any atom is 0.230 e. The van der Waals surface area contributed by atoms with Crippen LogP contribution >= 0.6 is 23.4 Å². The van der Waals surface area contributed by atoms with Crippen molar-refractivity contribution in [3.63, 3.8) is 0 Å². The number of hydrogen-bond donors (Lipinski definition) is 1. The molecule has 0 saturated heterocycles. The molecular formula is C19H20ClN5O2S. The summed E-state index contributed by atoms with van der Waals surface area (Å²) in [5.74, 6) is 0.684. The fourth-order valence-corrected chi connectivity index (χ4v) is 3.70. The monoisotopic (exact) mass is 417 g/mol. The Balaban J connectivity index is 1.68. The van der Waals surface area contributed by atoms with Crippen LogP contribution in [0.25, 0.3) is 5.69 Å². The lowest BCUT2D eigenvalue weighted by Gasteiger charge is -2.15. The smallest absolute Gasteiger partial charge is 0.230 e. The van der Waals surface area contributed by atoms with Crippen molar-refractivity contribution < 1.29 is 9.53 Å². The van der Waals surface area contributed by atoms with E-state index in [0.29, 0.717) is 15.9 Å². The molecule has 0 spiro atoms. The minimum absolute atomic E-state index is 0.136. The third-order valence-electron chi connectivity index (χ3n) is 4.09. The Morgan fingerprint density at radius 1 is 1.32 bits per heavy atom. The first-order chi connectivity index (χ1) is 13.5. The van der Waals surface area contributed by atoms with E-state index < -0.39 is 0 Å². The van der Waals surface area contributed by atoms with E-state index in [9.17, 15) is 4.79 Å².